The van der Waals surface area contributed by atoms with E-state index >= 15 is 0 Å². The summed E-state index contributed by atoms with van der Waals surface area (Å²) in [5, 5.41) is 13.2. The number of nitrogens with zero attached hydrogens (tertiary/aromatic N) is 1. The number of rotatable bonds is 7. The summed E-state index contributed by atoms with van der Waals surface area (Å²) < 4.78 is 0. The average Bonchev–Trinajstić information content (AvgIpc) is 2.87. The third kappa shape index (κ3) is 5.06. The van der Waals surface area contributed by atoms with Gasteiger partial charge in [-0.15, -0.1) is 0 Å². The number of aliphatic carboxylic acids is 1. The summed E-state index contributed by atoms with van der Waals surface area (Å²) in [6, 6.07) is -1.69. The van der Waals surface area contributed by atoms with Gasteiger partial charge in [-0.2, -0.15) is 0 Å². The molecule has 2 unspecified atom stereocenters. The number of aromatic amines is 1. The Labute approximate surface area is 114 Å². The lowest BCUT2D eigenvalue weighted by atomic mass is 10.1. The Morgan fingerprint density at radius 3 is 2.65 bits per heavy atom. The van der Waals surface area contributed by atoms with Gasteiger partial charge < -0.3 is 26.5 Å². The van der Waals surface area contributed by atoms with E-state index in [1.165, 1.54) is 19.4 Å². The zero-order valence-corrected chi connectivity index (χ0v) is 10.9. The molecule has 1 rings (SSSR count). The quantitative estimate of drug-likeness (QED) is 0.390. The zero-order chi connectivity index (χ0) is 15.1. The topological polar surface area (TPSA) is 150 Å². The van der Waals surface area contributed by atoms with Crippen LogP contribution in [0.15, 0.2) is 12.5 Å². The number of hydrogen-bond acceptors (Lipinski definition) is 5. The molecule has 0 radical (unpaired) electrons. The highest BCUT2D eigenvalue weighted by Gasteiger charge is 2.23. The minimum absolute atomic E-state index is 0.157. The Kier molecular flexibility index (Phi) is 5.66. The van der Waals surface area contributed by atoms with Crippen molar-refractivity contribution in [2.24, 2.45) is 5.73 Å². The van der Waals surface area contributed by atoms with Crippen LogP contribution in [0.1, 0.15) is 12.6 Å². The molecular formula is C11H17N5O4. The van der Waals surface area contributed by atoms with Gasteiger partial charge in [0.25, 0.3) is 0 Å². The summed E-state index contributed by atoms with van der Waals surface area (Å²) >= 11 is 0. The molecule has 1 aromatic rings. The number of carbonyl (C=O) groups is 3. The molecule has 9 nitrogen and oxygen atoms in total. The van der Waals surface area contributed by atoms with Gasteiger partial charge in [0.2, 0.25) is 11.8 Å². The van der Waals surface area contributed by atoms with E-state index in [9.17, 15) is 14.4 Å². The molecule has 0 aromatic carbocycles. The molecule has 9 heteroatoms. The van der Waals surface area contributed by atoms with Crippen molar-refractivity contribution in [1.82, 2.24) is 20.6 Å². The van der Waals surface area contributed by atoms with E-state index in [1.54, 1.807) is 0 Å². The Balaban J connectivity index is 2.69. The van der Waals surface area contributed by atoms with Crippen LogP contribution in [0.25, 0.3) is 0 Å². The summed E-state index contributed by atoms with van der Waals surface area (Å²) in [6.45, 7) is 0.962. The number of hydrogen-bond donors (Lipinski definition) is 5. The van der Waals surface area contributed by atoms with E-state index in [-0.39, 0.29) is 6.42 Å². The Morgan fingerprint density at radius 1 is 1.45 bits per heavy atom. The van der Waals surface area contributed by atoms with Crippen LogP contribution in [0.5, 0.6) is 0 Å². The number of imidazole rings is 1. The molecule has 20 heavy (non-hydrogen) atoms. The monoisotopic (exact) mass is 283 g/mol. The number of carboxylic acids is 1. The van der Waals surface area contributed by atoms with Crippen molar-refractivity contribution in [3.8, 4) is 0 Å². The van der Waals surface area contributed by atoms with E-state index in [0.717, 1.165) is 0 Å². The highest BCUT2D eigenvalue weighted by Crippen LogP contribution is 1.99. The van der Waals surface area contributed by atoms with E-state index in [2.05, 4.69) is 20.6 Å². The molecule has 1 heterocycles. The van der Waals surface area contributed by atoms with Crippen molar-refractivity contribution in [1.29, 1.82) is 0 Å². The van der Waals surface area contributed by atoms with E-state index in [0.29, 0.717) is 5.69 Å². The number of nitrogens with two attached hydrogens (primary N) is 1. The molecule has 110 valence electrons. The molecule has 0 saturated heterocycles. The first-order valence-electron chi connectivity index (χ1n) is 5.93. The second-order valence-electron chi connectivity index (χ2n) is 4.24. The molecule has 0 saturated carbocycles. The molecule has 2 amide bonds. The van der Waals surface area contributed by atoms with Gasteiger partial charge in [-0.25, -0.2) is 4.98 Å². The van der Waals surface area contributed by atoms with Crippen LogP contribution >= 0.6 is 0 Å². The largest absolute Gasteiger partial charge is 0.480 e. The second kappa shape index (κ2) is 7.24. The molecule has 0 aliphatic rings. The number of carboxylic acid groups (broad SMARTS) is 1. The lowest BCUT2D eigenvalue weighted by Gasteiger charge is -2.18. The molecule has 0 fully saturated rings. The highest BCUT2D eigenvalue weighted by atomic mass is 16.4. The van der Waals surface area contributed by atoms with Gasteiger partial charge in [0.05, 0.1) is 12.4 Å². The average molecular weight is 283 g/mol. The fourth-order valence-corrected chi connectivity index (χ4v) is 1.41. The Morgan fingerprint density at radius 2 is 2.15 bits per heavy atom. The lowest BCUT2D eigenvalue weighted by molar-refractivity contribution is -0.138. The van der Waals surface area contributed by atoms with Gasteiger partial charge in [-0.1, -0.05) is 0 Å². The van der Waals surface area contributed by atoms with Gasteiger partial charge in [0.1, 0.15) is 12.6 Å². The fraction of sp³-hybridized carbons (Fsp3) is 0.455. The zero-order valence-electron chi connectivity index (χ0n) is 10.9. The van der Waals surface area contributed by atoms with Crippen LogP contribution in [0.3, 0.4) is 0 Å². The van der Waals surface area contributed by atoms with Crippen LogP contribution in [0.2, 0.25) is 0 Å². The molecule has 0 aliphatic carbocycles. The summed E-state index contributed by atoms with van der Waals surface area (Å²) in [5.74, 6) is -2.27. The van der Waals surface area contributed by atoms with Crippen LogP contribution in [-0.2, 0) is 20.8 Å². The minimum Gasteiger partial charge on any atom is -0.480 e. The number of amides is 2. The summed E-state index contributed by atoms with van der Waals surface area (Å²) in [7, 11) is 0. The van der Waals surface area contributed by atoms with Crippen LogP contribution in [0, 0.1) is 0 Å². The van der Waals surface area contributed by atoms with E-state index in [4.69, 9.17) is 10.8 Å². The van der Waals surface area contributed by atoms with Crippen LogP contribution in [0.4, 0.5) is 0 Å². The molecule has 0 spiro atoms. The van der Waals surface area contributed by atoms with Gasteiger partial charge in [0, 0.05) is 18.3 Å². The smallest absolute Gasteiger partial charge is 0.322 e. The first-order chi connectivity index (χ1) is 9.40. The number of aromatic nitrogens is 2. The minimum atomic E-state index is -1.17. The van der Waals surface area contributed by atoms with E-state index in [1.807, 2.05) is 0 Å². The van der Waals surface area contributed by atoms with Crippen molar-refractivity contribution < 1.29 is 19.5 Å². The summed E-state index contributed by atoms with van der Waals surface area (Å²) in [4.78, 5) is 40.5. The van der Waals surface area contributed by atoms with Gasteiger partial charge >= 0.3 is 5.97 Å². The lowest BCUT2D eigenvalue weighted by Crippen LogP contribution is -2.52. The highest BCUT2D eigenvalue weighted by molar-refractivity contribution is 5.90. The Hall–Kier alpha value is -2.42. The maximum atomic E-state index is 11.9. The molecule has 1 aromatic heterocycles. The summed E-state index contributed by atoms with van der Waals surface area (Å²) in [5.41, 5.74) is 6.05. The molecule has 0 aliphatic heterocycles. The molecule has 0 bridgehead atoms. The standard InChI is InChI=1S/C11H17N5O4/c1-6(12)10(19)16-8(2-7-3-13-5-15-7)11(20)14-4-9(17)18/h3,5-6,8H,2,4,12H2,1H3,(H,13,15)(H,14,20)(H,16,19)(H,17,18). The summed E-state index contributed by atoms with van der Waals surface area (Å²) in [6.07, 6.45) is 3.11. The fourth-order valence-electron chi connectivity index (χ4n) is 1.41. The maximum absolute atomic E-state index is 11.9. The van der Waals surface area contributed by atoms with Crippen molar-refractivity contribution >= 4 is 17.8 Å². The molecular weight excluding hydrogens is 266 g/mol. The number of carbonyl (C=O) groups excluding carboxylic acids is 2. The first-order valence-corrected chi connectivity index (χ1v) is 5.93. The van der Waals surface area contributed by atoms with Crippen molar-refractivity contribution in [3.05, 3.63) is 18.2 Å². The van der Waals surface area contributed by atoms with Crippen molar-refractivity contribution in [3.63, 3.8) is 0 Å². The molecule has 6 N–H and O–H groups in total. The normalized spacial score (nSPS) is 13.3. The predicted molar refractivity (Wildman–Crippen MR) is 68.5 cm³/mol. The van der Waals surface area contributed by atoms with Crippen molar-refractivity contribution in [2.75, 3.05) is 6.54 Å². The number of H-pyrrole nitrogens is 1. The SMILES string of the molecule is CC(N)C(=O)NC(Cc1cnc[nH]1)C(=O)NCC(=O)O. The number of nitrogens with one attached hydrogen (secondary N) is 3. The Bertz CT molecular complexity index is 471. The first kappa shape index (κ1) is 15.6. The maximum Gasteiger partial charge on any atom is 0.322 e. The third-order valence-electron chi connectivity index (χ3n) is 2.44. The van der Waals surface area contributed by atoms with Crippen LogP contribution in [-0.4, -0.2) is 51.5 Å². The second-order valence-corrected chi connectivity index (χ2v) is 4.24. The van der Waals surface area contributed by atoms with Crippen molar-refractivity contribution in [2.45, 2.75) is 25.4 Å². The predicted octanol–water partition coefficient (Wildman–Crippen LogP) is -2.01. The van der Waals surface area contributed by atoms with Gasteiger partial charge in [0.15, 0.2) is 0 Å². The van der Waals surface area contributed by atoms with Crippen LogP contribution < -0.4 is 16.4 Å². The van der Waals surface area contributed by atoms with Gasteiger partial charge in [-0.3, -0.25) is 14.4 Å². The van der Waals surface area contributed by atoms with Gasteiger partial charge in [-0.05, 0) is 6.92 Å². The third-order valence-corrected chi connectivity index (χ3v) is 2.44. The molecule has 2 atom stereocenters. The van der Waals surface area contributed by atoms with E-state index < -0.39 is 36.4 Å².